The quantitative estimate of drug-likeness (QED) is 0.884. The van der Waals surface area contributed by atoms with Crippen molar-refractivity contribution in [3.05, 3.63) is 40.3 Å². The van der Waals surface area contributed by atoms with Crippen molar-refractivity contribution in [3.8, 4) is 0 Å². The van der Waals surface area contributed by atoms with E-state index < -0.39 is 5.60 Å². The van der Waals surface area contributed by atoms with Crippen LogP contribution in [-0.4, -0.2) is 14.9 Å². The van der Waals surface area contributed by atoms with Gasteiger partial charge < -0.3 is 5.11 Å². The van der Waals surface area contributed by atoms with Crippen LogP contribution in [0.1, 0.15) is 23.9 Å². The fourth-order valence-electron chi connectivity index (χ4n) is 1.73. The number of hydrogen-bond acceptors (Lipinski definition) is 3. The van der Waals surface area contributed by atoms with E-state index in [1.807, 2.05) is 42.2 Å². The Bertz CT molecular complexity index is 445. The number of rotatable bonds is 4. The van der Waals surface area contributed by atoms with E-state index in [1.54, 1.807) is 17.5 Å². The van der Waals surface area contributed by atoms with Gasteiger partial charge in [0.2, 0.25) is 0 Å². The Balaban J connectivity index is 2.03. The molecule has 2 heterocycles. The van der Waals surface area contributed by atoms with Gasteiger partial charge in [-0.25, -0.2) is 0 Å². The molecule has 0 aliphatic rings. The minimum absolute atomic E-state index is 0.715. The molecule has 3 nitrogen and oxygen atoms in total. The zero-order valence-corrected chi connectivity index (χ0v) is 10.4. The van der Waals surface area contributed by atoms with Crippen molar-refractivity contribution < 1.29 is 5.11 Å². The van der Waals surface area contributed by atoms with E-state index in [0.29, 0.717) is 6.42 Å². The van der Waals surface area contributed by atoms with Crippen molar-refractivity contribution in [2.45, 2.75) is 25.4 Å². The molecule has 0 aliphatic carbocycles. The molecule has 0 bridgehead atoms. The van der Waals surface area contributed by atoms with Gasteiger partial charge in [0.05, 0.1) is 5.60 Å². The predicted molar refractivity (Wildman–Crippen MR) is 65.4 cm³/mol. The van der Waals surface area contributed by atoms with E-state index in [-0.39, 0.29) is 0 Å². The molecule has 0 aliphatic heterocycles. The topological polar surface area (TPSA) is 38.0 Å². The fourth-order valence-corrected chi connectivity index (χ4v) is 2.54. The van der Waals surface area contributed by atoms with Gasteiger partial charge in [-0.1, -0.05) is 6.07 Å². The number of nitrogens with zero attached hydrogens (tertiary/aromatic N) is 2. The average molecular weight is 236 g/mol. The normalized spacial score (nSPS) is 14.9. The van der Waals surface area contributed by atoms with E-state index in [0.717, 1.165) is 17.0 Å². The first kappa shape index (κ1) is 11.4. The first-order valence-electron chi connectivity index (χ1n) is 5.33. The van der Waals surface area contributed by atoms with Crippen LogP contribution >= 0.6 is 11.3 Å². The third kappa shape index (κ3) is 2.33. The van der Waals surface area contributed by atoms with Crippen molar-refractivity contribution in [1.29, 1.82) is 0 Å². The lowest BCUT2D eigenvalue weighted by atomic mass is 9.97. The second-order valence-corrected chi connectivity index (χ2v) is 5.15. The minimum Gasteiger partial charge on any atom is -0.385 e. The zero-order valence-electron chi connectivity index (χ0n) is 9.55. The van der Waals surface area contributed by atoms with Gasteiger partial charge in [0, 0.05) is 23.8 Å². The standard InChI is InChI=1S/C12H16N2OS/c1-12(15,11-4-3-9-16-11)7-5-10-6-8-13-14(10)2/h3-4,6,8-9,15H,5,7H2,1-2H3. The van der Waals surface area contributed by atoms with Crippen LogP contribution in [-0.2, 0) is 19.1 Å². The highest BCUT2D eigenvalue weighted by atomic mass is 32.1. The summed E-state index contributed by atoms with van der Waals surface area (Å²) in [5.41, 5.74) is 0.412. The van der Waals surface area contributed by atoms with Crippen LogP contribution < -0.4 is 0 Å². The van der Waals surface area contributed by atoms with Crippen LogP contribution in [0, 0.1) is 0 Å². The van der Waals surface area contributed by atoms with E-state index in [4.69, 9.17) is 0 Å². The van der Waals surface area contributed by atoms with Gasteiger partial charge in [0.1, 0.15) is 0 Å². The van der Waals surface area contributed by atoms with Gasteiger partial charge in [-0.3, -0.25) is 4.68 Å². The number of aliphatic hydroxyl groups is 1. The summed E-state index contributed by atoms with van der Waals surface area (Å²) in [4.78, 5) is 1.02. The lowest BCUT2D eigenvalue weighted by molar-refractivity contribution is 0.0513. The third-order valence-corrected chi connectivity index (χ3v) is 3.97. The van der Waals surface area contributed by atoms with E-state index >= 15 is 0 Å². The van der Waals surface area contributed by atoms with Gasteiger partial charge in [0.15, 0.2) is 0 Å². The Kier molecular flexibility index (Phi) is 3.12. The first-order chi connectivity index (χ1) is 7.59. The second kappa shape index (κ2) is 4.39. The second-order valence-electron chi connectivity index (χ2n) is 4.20. The number of aryl methyl sites for hydroxylation is 2. The minimum atomic E-state index is -0.738. The maximum absolute atomic E-state index is 10.3. The van der Waals surface area contributed by atoms with Crippen LogP contribution in [0.3, 0.4) is 0 Å². The Morgan fingerprint density at radius 2 is 2.31 bits per heavy atom. The first-order valence-corrected chi connectivity index (χ1v) is 6.21. The van der Waals surface area contributed by atoms with Gasteiger partial charge >= 0.3 is 0 Å². The van der Waals surface area contributed by atoms with Crippen LogP contribution in [0.15, 0.2) is 29.8 Å². The molecule has 4 heteroatoms. The summed E-state index contributed by atoms with van der Waals surface area (Å²) >= 11 is 1.60. The maximum Gasteiger partial charge on any atom is 0.0963 e. The Morgan fingerprint density at radius 1 is 1.50 bits per heavy atom. The Morgan fingerprint density at radius 3 is 2.88 bits per heavy atom. The zero-order chi connectivity index (χ0) is 11.6. The molecule has 86 valence electrons. The number of aromatic nitrogens is 2. The molecule has 0 saturated carbocycles. The van der Waals surface area contributed by atoms with Crippen LogP contribution in [0.4, 0.5) is 0 Å². The lowest BCUT2D eigenvalue weighted by Crippen LogP contribution is -2.21. The molecule has 2 aromatic heterocycles. The van der Waals surface area contributed by atoms with Crippen molar-refractivity contribution in [2.75, 3.05) is 0 Å². The monoisotopic (exact) mass is 236 g/mol. The van der Waals surface area contributed by atoms with Crippen LogP contribution in [0.5, 0.6) is 0 Å². The van der Waals surface area contributed by atoms with Crippen molar-refractivity contribution in [2.24, 2.45) is 7.05 Å². The largest absolute Gasteiger partial charge is 0.385 e. The number of thiophene rings is 1. The molecule has 1 N–H and O–H groups in total. The molecule has 0 aromatic carbocycles. The molecule has 1 unspecified atom stereocenters. The average Bonchev–Trinajstić information content (AvgIpc) is 2.85. The van der Waals surface area contributed by atoms with Gasteiger partial charge in [-0.15, -0.1) is 11.3 Å². The summed E-state index contributed by atoms with van der Waals surface area (Å²) in [6.45, 7) is 1.87. The molecule has 1 atom stereocenters. The molecule has 0 spiro atoms. The summed E-state index contributed by atoms with van der Waals surface area (Å²) in [5, 5.41) is 16.5. The smallest absolute Gasteiger partial charge is 0.0963 e. The third-order valence-electron chi connectivity index (χ3n) is 2.84. The molecule has 2 rings (SSSR count). The van der Waals surface area contributed by atoms with Gasteiger partial charge in [-0.2, -0.15) is 5.10 Å². The Hall–Kier alpha value is -1.13. The van der Waals surface area contributed by atoms with Crippen molar-refractivity contribution in [3.63, 3.8) is 0 Å². The highest BCUT2D eigenvalue weighted by Crippen LogP contribution is 2.29. The lowest BCUT2D eigenvalue weighted by Gasteiger charge is -2.21. The van der Waals surface area contributed by atoms with E-state index in [9.17, 15) is 5.11 Å². The van der Waals surface area contributed by atoms with Crippen LogP contribution in [0.25, 0.3) is 0 Å². The summed E-state index contributed by atoms with van der Waals surface area (Å²) in [7, 11) is 1.93. The van der Waals surface area contributed by atoms with Crippen molar-refractivity contribution >= 4 is 11.3 Å². The van der Waals surface area contributed by atoms with Crippen LogP contribution in [0.2, 0.25) is 0 Å². The van der Waals surface area contributed by atoms with E-state index in [2.05, 4.69) is 5.10 Å². The van der Waals surface area contributed by atoms with Gasteiger partial charge in [0.25, 0.3) is 0 Å². The Labute approximate surface area is 99.4 Å². The highest BCUT2D eigenvalue weighted by molar-refractivity contribution is 7.10. The fraction of sp³-hybridized carbons (Fsp3) is 0.417. The molecular formula is C12H16N2OS. The summed E-state index contributed by atoms with van der Waals surface area (Å²) in [6.07, 6.45) is 3.34. The predicted octanol–water partition coefficient (Wildman–Crippen LogP) is 2.32. The van der Waals surface area contributed by atoms with Crippen molar-refractivity contribution in [1.82, 2.24) is 9.78 Å². The molecule has 2 aromatic rings. The number of hydrogen-bond donors (Lipinski definition) is 1. The molecule has 0 fully saturated rings. The molecule has 0 saturated heterocycles. The van der Waals surface area contributed by atoms with E-state index in [1.165, 1.54) is 0 Å². The summed E-state index contributed by atoms with van der Waals surface area (Å²) in [5.74, 6) is 0. The highest BCUT2D eigenvalue weighted by Gasteiger charge is 2.24. The summed E-state index contributed by atoms with van der Waals surface area (Å²) < 4.78 is 1.85. The molecule has 16 heavy (non-hydrogen) atoms. The maximum atomic E-state index is 10.3. The summed E-state index contributed by atoms with van der Waals surface area (Å²) in [6, 6.07) is 5.94. The molecular weight excluding hydrogens is 220 g/mol. The molecule has 0 radical (unpaired) electrons. The SMILES string of the molecule is Cn1nccc1CCC(C)(O)c1cccs1. The molecule has 0 amide bonds. The van der Waals surface area contributed by atoms with Gasteiger partial charge in [-0.05, 0) is 37.3 Å².